The van der Waals surface area contributed by atoms with E-state index in [0.717, 1.165) is 37.9 Å². The summed E-state index contributed by atoms with van der Waals surface area (Å²) in [7, 11) is 0. The Kier molecular flexibility index (Phi) is 3.75. The van der Waals surface area contributed by atoms with Gasteiger partial charge in [-0.2, -0.15) is 0 Å². The number of carbonyl (C=O) groups excluding carboxylic acids is 2. The number of hydrogen-bond donors (Lipinski definition) is 1. The largest absolute Gasteiger partial charge is 0.295 e. The quantitative estimate of drug-likeness (QED) is 0.904. The fraction of sp³-hybridized carbons (Fsp3) is 0.588. The second kappa shape index (κ2) is 5.81. The molecule has 2 amide bonds. The lowest BCUT2D eigenvalue weighted by molar-refractivity contribution is -0.144. The van der Waals surface area contributed by atoms with Gasteiger partial charge in [0.1, 0.15) is 5.82 Å². The highest BCUT2D eigenvalue weighted by Crippen LogP contribution is 2.39. The van der Waals surface area contributed by atoms with Crippen molar-refractivity contribution < 1.29 is 14.0 Å². The van der Waals surface area contributed by atoms with Gasteiger partial charge in [-0.15, -0.1) is 0 Å². The number of hydrogen-bond acceptors (Lipinski definition) is 4. The Balaban J connectivity index is 1.50. The average molecular weight is 332 g/mol. The zero-order chi connectivity index (χ0) is 16.7. The molecule has 7 heteroatoms. The van der Waals surface area contributed by atoms with E-state index in [-0.39, 0.29) is 23.5 Å². The van der Waals surface area contributed by atoms with Crippen molar-refractivity contribution in [3.05, 3.63) is 29.8 Å². The first-order valence-corrected chi connectivity index (χ1v) is 8.52. The Hall–Kier alpha value is -2.02. The minimum Gasteiger partial charge on any atom is -0.295 e. The monoisotopic (exact) mass is 332 g/mol. The molecule has 4 rings (SSSR count). The van der Waals surface area contributed by atoms with E-state index in [4.69, 9.17) is 0 Å². The van der Waals surface area contributed by atoms with E-state index >= 15 is 0 Å². The van der Waals surface area contributed by atoms with Gasteiger partial charge < -0.3 is 0 Å². The van der Waals surface area contributed by atoms with Gasteiger partial charge in [-0.25, -0.2) is 9.40 Å². The molecule has 1 atom stereocenters. The molecule has 3 fully saturated rings. The van der Waals surface area contributed by atoms with Crippen molar-refractivity contribution in [1.29, 1.82) is 0 Å². The second-order valence-corrected chi connectivity index (χ2v) is 7.17. The van der Waals surface area contributed by atoms with Crippen molar-refractivity contribution in [2.45, 2.75) is 44.2 Å². The summed E-state index contributed by atoms with van der Waals surface area (Å²) < 4.78 is 13.0. The van der Waals surface area contributed by atoms with Gasteiger partial charge in [-0.3, -0.25) is 24.9 Å². The van der Waals surface area contributed by atoms with Crippen molar-refractivity contribution in [3.63, 3.8) is 0 Å². The van der Waals surface area contributed by atoms with Gasteiger partial charge in [-0.05, 0) is 44.4 Å². The number of likely N-dealkylation sites (tertiary alicyclic amines) is 1. The number of piperidine rings is 1. The Morgan fingerprint density at radius 2 is 2.25 bits per heavy atom. The topological polar surface area (TPSA) is 65.5 Å². The molecule has 1 aliphatic carbocycles. The fourth-order valence-electron chi connectivity index (χ4n) is 3.86. The molecule has 24 heavy (non-hydrogen) atoms. The zero-order valence-electron chi connectivity index (χ0n) is 13.5. The third-order valence-electron chi connectivity index (χ3n) is 5.16. The van der Waals surface area contributed by atoms with Gasteiger partial charge in [0, 0.05) is 19.0 Å². The molecule has 1 aromatic rings. The number of amides is 2. The minimum absolute atomic E-state index is 0.0580. The van der Waals surface area contributed by atoms with Crippen LogP contribution in [0.25, 0.3) is 0 Å². The SMILES string of the molecule is O=C1CC2(CCCN(Cc3ccc(F)cn3)C2)N(C(=O)C2CC2)N1. The molecule has 1 saturated carbocycles. The molecular weight excluding hydrogens is 311 g/mol. The predicted molar refractivity (Wildman–Crippen MR) is 83.8 cm³/mol. The molecule has 1 unspecified atom stereocenters. The number of nitrogens with zero attached hydrogens (tertiary/aromatic N) is 3. The smallest absolute Gasteiger partial charge is 0.244 e. The molecule has 0 aromatic carbocycles. The van der Waals surface area contributed by atoms with E-state index < -0.39 is 5.54 Å². The molecule has 3 heterocycles. The number of hydrazine groups is 1. The van der Waals surface area contributed by atoms with E-state index in [2.05, 4.69) is 15.3 Å². The van der Waals surface area contributed by atoms with Crippen LogP contribution in [0, 0.1) is 11.7 Å². The van der Waals surface area contributed by atoms with Crippen LogP contribution in [0.4, 0.5) is 4.39 Å². The number of nitrogens with one attached hydrogen (secondary N) is 1. The van der Waals surface area contributed by atoms with E-state index in [1.165, 1.54) is 12.3 Å². The molecule has 1 aromatic heterocycles. The summed E-state index contributed by atoms with van der Waals surface area (Å²) >= 11 is 0. The molecule has 0 bridgehead atoms. The Morgan fingerprint density at radius 1 is 1.42 bits per heavy atom. The van der Waals surface area contributed by atoms with Gasteiger partial charge in [0.25, 0.3) is 0 Å². The second-order valence-electron chi connectivity index (χ2n) is 7.17. The van der Waals surface area contributed by atoms with Crippen molar-refractivity contribution in [2.75, 3.05) is 13.1 Å². The Morgan fingerprint density at radius 3 is 2.96 bits per heavy atom. The standard InChI is InChI=1S/C17H21FN4O2/c18-13-4-5-14(19-9-13)10-21-7-1-6-17(11-21)8-15(23)20-22(17)16(24)12-2-3-12/h4-5,9,12H,1-3,6-8,10-11H2,(H,20,23). The maximum absolute atomic E-state index is 13.0. The molecule has 128 valence electrons. The molecule has 2 saturated heterocycles. The van der Waals surface area contributed by atoms with E-state index in [1.807, 2.05) is 0 Å². The maximum atomic E-state index is 13.0. The number of carbonyl (C=O) groups is 2. The molecule has 1 spiro atoms. The lowest BCUT2D eigenvalue weighted by Crippen LogP contribution is -2.59. The van der Waals surface area contributed by atoms with Gasteiger partial charge in [-0.1, -0.05) is 0 Å². The van der Waals surface area contributed by atoms with Crippen LogP contribution in [-0.4, -0.2) is 45.3 Å². The summed E-state index contributed by atoms with van der Waals surface area (Å²) in [5.74, 6) is -0.288. The highest BCUT2D eigenvalue weighted by Gasteiger charge is 2.52. The first kappa shape index (κ1) is 15.5. The van der Waals surface area contributed by atoms with Gasteiger partial charge in [0.05, 0.1) is 23.9 Å². The van der Waals surface area contributed by atoms with E-state index in [0.29, 0.717) is 19.5 Å². The predicted octanol–water partition coefficient (Wildman–Crippen LogP) is 1.23. The fourth-order valence-corrected chi connectivity index (χ4v) is 3.86. The Labute approximate surface area is 140 Å². The van der Waals surface area contributed by atoms with Gasteiger partial charge in [0.15, 0.2) is 0 Å². The van der Waals surface area contributed by atoms with E-state index in [9.17, 15) is 14.0 Å². The molecule has 6 nitrogen and oxygen atoms in total. The third-order valence-corrected chi connectivity index (χ3v) is 5.16. The van der Waals surface area contributed by atoms with Crippen LogP contribution in [0.5, 0.6) is 0 Å². The first-order valence-electron chi connectivity index (χ1n) is 8.52. The number of aromatic nitrogens is 1. The molecule has 2 aliphatic heterocycles. The van der Waals surface area contributed by atoms with Crippen LogP contribution >= 0.6 is 0 Å². The number of pyridine rings is 1. The van der Waals surface area contributed by atoms with Crippen molar-refractivity contribution in [1.82, 2.24) is 20.3 Å². The maximum Gasteiger partial charge on any atom is 0.244 e. The van der Waals surface area contributed by atoms with Crippen LogP contribution in [0.3, 0.4) is 0 Å². The molecule has 3 aliphatic rings. The number of rotatable bonds is 3. The summed E-state index contributed by atoms with van der Waals surface area (Å²) in [5, 5.41) is 1.62. The normalized spacial score (nSPS) is 27.5. The molecular formula is C17H21FN4O2. The number of halogens is 1. The van der Waals surface area contributed by atoms with Crippen LogP contribution in [0.1, 0.15) is 37.8 Å². The third kappa shape index (κ3) is 2.88. The van der Waals surface area contributed by atoms with Crippen molar-refractivity contribution in [3.8, 4) is 0 Å². The first-order chi connectivity index (χ1) is 11.6. The van der Waals surface area contributed by atoms with Crippen LogP contribution in [0.15, 0.2) is 18.3 Å². The summed E-state index contributed by atoms with van der Waals surface area (Å²) in [6.45, 7) is 2.13. The van der Waals surface area contributed by atoms with Crippen molar-refractivity contribution >= 4 is 11.8 Å². The van der Waals surface area contributed by atoms with Crippen molar-refractivity contribution in [2.24, 2.45) is 5.92 Å². The lowest BCUT2D eigenvalue weighted by Gasteiger charge is -2.44. The van der Waals surface area contributed by atoms with E-state index in [1.54, 1.807) is 11.1 Å². The summed E-state index contributed by atoms with van der Waals surface area (Å²) in [4.78, 5) is 30.9. The highest BCUT2D eigenvalue weighted by molar-refractivity contribution is 5.89. The van der Waals surface area contributed by atoms with Gasteiger partial charge in [0.2, 0.25) is 11.8 Å². The van der Waals surface area contributed by atoms with Crippen LogP contribution < -0.4 is 5.43 Å². The summed E-state index contributed by atoms with van der Waals surface area (Å²) in [5.41, 5.74) is 3.13. The lowest BCUT2D eigenvalue weighted by atomic mass is 9.85. The zero-order valence-corrected chi connectivity index (χ0v) is 13.5. The highest BCUT2D eigenvalue weighted by atomic mass is 19.1. The molecule has 0 radical (unpaired) electrons. The van der Waals surface area contributed by atoms with Crippen LogP contribution in [-0.2, 0) is 16.1 Å². The summed E-state index contributed by atoms with van der Waals surface area (Å²) in [6, 6.07) is 3.09. The van der Waals surface area contributed by atoms with Gasteiger partial charge >= 0.3 is 0 Å². The average Bonchev–Trinajstić information content (AvgIpc) is 3.35. The summed E-state index contributed by atoms with van der Waals surface area (Å²) in [6.07, 6.45) is 5.18. The molecule has 1 N–H and O–H groups in total. The minimum atomic E-state index is -0.449. The Bertz CT molecular complexity index is 661. The van der Waals surface area contributed by atoms with Crippen LogP contribution in [0.2, 0.25) is 0 Å².